The van der Waals surface area contributed by atoms with Crippen molar-refractivity contribution in [3.63, 3.8) is 0 Å². The molecule has 434 valence electrons. The Hall–Kier alpha value is -4.32. The Morgan fingerprint density at radius 2 is 0.372 bits per heavy atom. The van der Waals surface area contributed by atoms with Gasteiger partial charge in [-0.05, 0) is 141 Å². The lowest BCUT2D eigenvalue weighted by atomic mass is 9.85. The third-order valence-electron chi connectivity index (χ3n) is 16.4. The second-order valence-corrected chi connectivity index (χ2v) is 23.2. The first-order valence-corrected chi connectivity index (χ1v) is 33.1. The van der Waals surface area contributed by atoms with E-state index in [0.29, 0.717) is 39.6 Å². The van der Waals surface area contributed by atoms with Crippen molar-refractivity contribution in [2.24, 2.45) is 0 Å². The second-order valence-electron chi connectivity index (χ2n) is 23.2. The van der Waals surface area contributed by atoms with Crippen LogP contribution in [0.2, 0.25) is 0 Å². The quantitative estimate of drug-likeness (QED) is 0.0216. The molecule has 0 aromatic heterocycles. The molecule has 0 aliphatic carbocycles. The molecule has 0 radical (unpaired) electrons. The molecule has 0 saturated heterocycles. The molecule has 0 atom stereocenters. The van der Waals surface area contributed by atoms with Crippen molar-refractivity contribution in [2.45, 2.75) is 273 Å². The van der Waals surface area contributed by atoms with E-state index >= 15 is 0 Å². The largest absolute Gasteiger partial charge is 0.494 e. The maximum atomic E-state index is 6.88. The van der Waals surface area contributed by atoms with E-state index in [1.807, 2.05) is 0 Å². The highest BCUT2D eigenvalue weighted by atomic mass is 16.5. The van der Waals surface area contributed by atoms with Gasteiger partial charge in [-0.1, -0.05) is 234 Å². The smallest absolute Gasteiger partial charge is 0.161 e. The molecule has 0 aliphatic heterocycles. The average Bonchev–Trinajstić information content (AvgIpc) is 3.42. The van der Waals surface area contributed by atoms with Crippen LogP contribution in [0.5, 0.6) is 34.5 Å². The van der Waals surface area contributed by atoms with Crippen molar-refractivity contribution >= 4 is 53.9 Å². The van der Waals surface area contributed by atoms with Gasteiger partial charge in [-0.2, -0.15) is 0 Å². The van der Waals surface area contributed by atoms with E-state index in [0.717, 1.165) is 94.6 Å². The summed E-state index contributed by atoms with van der Waals surface area (Å²) in [5.41, 5.74) is 0. The van der Waals surface area contributed by atoms with Crippen molar-refractivity contribution < 1.29 is 28.4 Å². The van der Waals surface area contributed by atoms with E-state index in [9.17, 15) is 0 Å². The summed E-state index contributed by atoms with van der Waals surface area (Å²) in [6, 6.07) is 18.6. The van der Waals surface area contributed by atoms with Crippen molar-refractivity contribution in [3.05, 3.63) is 48.5 Å². The minimum Gasteiger partial charge on any atom is -0.494 e. The zero-order valence-corrected chi connectivity index (χ0v) is 50.8. The Morgan fingerprint density at radius 3 is 0.577 bits per heavy atom. The zero-order chi connectivity index (χ0) is 54.8. The summed E-state index contributed by atoms with van der Waals surface area (Å²) in [5, 5.41) is 11.9. The molecule has 0 saturated carbocycles. The highest BCUT2D eigenvalue weighted by Gasteiger charge is 2.24. The zero-order valence-electron chi connectivity index (χ0n) is 50.8. The minimum absolute atomic E-state index is 0.674. The maximum Gasteiger partial charge on any atom is 0.161 e. The molecule has 0 heterocycles. The summed E-state index contributed by atoms with van der Waals surface area (Å²) in [5.74, 6) is 5.19. The molecule has 0 bridgehead atoms. The molecule has 0 spiro atoms. The Morgan fingerprint density at radius 1 is 0.192 bits per heavy atom. The summed E-state index contributed by atoms with van der Waals surface area (Å²) in [4.78, 5) is 0. The van der Waals surface area contributed by atoms with Crippen LogP contribution in [0.4, 0.5) is 0 Å². The summed E-state index contributed by atoms with van der Waals surface area (Å²) in [6.45, 7) is 17.8. The molecule has 78 heavy (non-hydrogen) atoms. The van der Waals surface area contributed by atoms with Crippen LogP contribution in [0.1, 0.15) is 273 Å². The molecule has 0 unspecified atom stereocenters. The first-order valence-electron chi connectivity index (χ1n) is 33.1. The number of benzene rings is 6. The van der Waals surface area contributed by atoms with Gasteiger partial charge in [-0.25, -0.2) is 0 Å². The van der Waals surface area contributed by atoms with E-state index < -0.39 is 0 Å². The van der Waals surface area contributed by atoms with Gasteiger partial charge in [0.2, 0.25) is 0 Å². The standard InChI is InChI=1S/C72H110O6/c1-7-13-19-25-31-37-43-73-57-49-63-59-53-67(75-45-39-33-27-21-15-9-3)69(77-47-41-35-29-23-17-11-5)55-61(59)65-51-58(74-44-38-32-26-20-14-8-2)52-66-62-56-70(78-48-42-36-30-24-18-12-6)68(76-46-40-34-28-22-16-10-4)54-60(62)64(50-57)71(63)72(65)66/h49-56H,7-48H2,1-6H3. The van der Waals surface area contributed by atoms with Gasteiger partial charge in [0.1, 0.15) is 11.5 Å². The lowest BCUT2D eigenvalue weighted by molar-refractivity contribution is 0.259. The Balaban J connectivity index is 1.54. The molecule has 0 fully saturated rings. The lowest BCUT2D eigenvalue weighted by Gasteiger charge is -2.22. The fourth-order valence-electron chi connectivity index (χ4n) is 11.7. The summed E-state index contributed by atoms with van der Waals surface area (Å²) < 4.78 is 41.3. The average molecular weight is 1070 g/mol. The van der Waals surface area contributed by atoms with Crippen molar-refractivity contribution in [1.82, 2.24) is 0 Å². The van der Waals surface area contributed by atoms with E-state index in [-0.39, 0.29) is 0 Å². The first-order chi connectivity index (χ1) is 38.6. The third-order valence-corrected chi connectivity index (χ3v) is 16.4. The number of fused-ring (bicyclic) bond motifs is 6. The fraction of sp³-hybridized carbons (Fsp3) is 0.667. The maximum absolute atomic E-state index is 6.88. The van der Waals surface area contributed by atoms with E-state index in [4.69, 9.17) is 28.4 Å². The van der Waals surface area contributed by atoms with Crippen LogP contribution in [0.25, 0.3) is 53.9 Å². The number of hydrogen-bond donors (Lipinski definition) is 0. The van der Waals surface area contributed by atoms with Crippen molar-refractivity contribution in [2.75, 3.05) is 39.6 Å². The van der Waals surface area contributed by atoms with Crippen LogP contribution in [0, 0.1) is 0 Å². The minimum atomic E-state index is 0.674. The van der Waals surface area contributed by atoms with Crippen LogP contribution in [-0.2, 0) is 0 Å². The van der Waals surface area contributed by atoms with Crippen molar-refractivity contribution in [1.29, 1.82) is 0 Å². The summed E-state index contributed by atoms with van der Waals surface area (Å²) in [7, 11) is 0. The normalized spacial score (nSPS) is 11.8. The molecule has 0 amide bonds. The van der Waals surface area contributed by atoms with Gasteiger partial charge in [0.05, 0.1) is 39.6 Å². The number of unbranched alkanes of at least 4 members (excludes halogenated alkanes) is 30. The molecule has 6 heteroatoms. The van der Waals surface area contributed by atoms with E-state index in [2.05, 4.69) is 90.1 Å². The van der Waals surface area contributed by atoms with Crippen LogP contribution in [0.15, 0.2) is 48.5 Å². The molecule has 6 rings (SSSR count). The molecule has 6 nitrogen and oxygen atoms in total. The summed E-state index contributed by atoms with van der Waals surface area (Å²) in [6.07, 6.45) is 43.9. The number of hydrogen-bond acceptors (Lipinski definition) is 6. The third kappa shape index (κ3) is 20.0. The lowest BCUT2D eigenvalue weighted by Crippen LogP contribution is -2.04. The van der Waals surface area contributed by atoms with Crippen molar-refractivity contribution in [3.8, 4) is 34.5 Å². The Labute approximate surface area is 475 Å². The predicted molar refractivity (Wildman–Crippen MR) is 338 cm³/mol. The van der Waals surface area contributed by atoms with E-state index in [1.54, 1.807) is 0 Å². The highest BCUT2D eigenvalue weighted by molar-refractivity contribution is 6.40. The van der Waals surface area contributed by atoms with Gasteiger partial charge < -0.3 is 28.4 Å². The molecule has 0 aliphatic rings. The molecule has 0 N–H and O–H groups in total. The second kappa shape index (κ2) is 37.6. The Bertz CT molecular complexity index is 2220. The topological polar surface area (TPSA) is 55.4 Å². The van der Waals surface area contributed by atoms with Crippen LogP contribution >= 0.6 is 0 Å². The summed E-state index contributed by atoms with van der Waals surface area (Å²) >= 11 is 0. The molecule has 6 aromatic rings. The van der Waals surface area contributed by atoms with Crippen LogP contribution in [0.3, 0.4) is 0 Å². The number of ether oxygens (including phenoxy) is 6. The highest BCUT2D eigenvalue weighted by Crippen LogP contribution is 2.51. The molecular formula is C72H110O6. The van der Waals surface area contributed by atoms with Gasteiger partial charge in [-0.15, -0.1) is 0 Å². The van der Waals surface area contributed by atoms with Gasteiger partial charge in [0.25, 0.3) is 0 Å². The number of rotatable bonds is 48. The van der Waals surface area contributed by atoms with E-state index in [1.165, 1.54) is 225 Å². The van der Waals surface area contributed by atoms with Crippen LogP contribution < -0.4 is 28.4 Å². The SMILES string of the molecule is CCCCCCCCOc1cc2c3cc(OCCCCCCCC)c(OCCCCCCCC)cc3c3cc(OCCCCCCCC)cc4c5cc(OCCCCCCCC)c(OCCCCCCCC)cc5c(c1)c2c34. The fourth-order valence-corrected chi connectivity index (χ4v) is 11.7. The van der Waals surface area contributed by atoms with Gasteiger partial charge in [0, 0.05) is 0 Å². The van der Waals surface area contributed by atoms with Gasteiger partial charge in [0.15, 0.2) is 23.0 Å². The Kier molecular flexibility index (Phi) is 30.3. The monoisotopic (exact) mass is 1070 g/mol. The van der Waals surface area contributed by atoms with Gasteiger partial charge in [-0.3, -0.25) is 0 Å². The predicted octanol–water partition coefficient (Wildman–Crippen LogP) is 23.3. The van der Waals surface area contributed by atoms with Gasteiger partial charge >= 0.3 is 0 Å². The molecule has 6 aromatic carbocycles. The first kappa shape index (κ1) is 62.9. The van der Waals surface area contributed by atoms with Crippen LogP contribution in [-0.4, -0.2) is 39.6 Å². The molecular weight excluding hydrogens is 961 g/mol.